The van der Waals surface area contributed by atoms with Crippen molar-refractivity contribution in [1.29, 1.82) is 0 Å². The predicted molar refractivity (Wildman–Crippen MR) is 54.2 cm³/mol. The lowest BCUT2D eigenvalue weighted by atomic mass is 10.2. The number of ether oxygens (including phenoxy) is 1. The quantitative estimate of drug-likeness (QED) is 0.576. The van der Waals surface area contributed by atoms with Crippen molar-refractivity contribution in [2.75, 3.05) is 6.54 Å². The number of hydrogen-bond acceptors (Lipinski definition) is 5. The third-order valence-electron chi connectivity index (χ3n) is 1.88. The SMILES string of the molecule is NCC(Oc1ccc(F)cc1[N+](=O)[O-])C(=O)O. The van der Waals surface area contributed by atoms with Crippen LogP contribution in [0.3, 0.4) is 0 Å². The summed E-state index contributed by atoms with van der Waals surface area (Å²) >= 11 is 0. The van der Waals surface area contributed by atoms with E-state index in [0.29, 0.717) is 6.07 Å². The maximum atomic E-state index is 12.8. The summed E-state index contributed by atoms with van der Waals surface area (Å²) in [6.07, 6.45) is -1.42. The topological polar surface area (TPSA) is 116 Å². The lowest BCUT2D eigenvalue weighted by Crippen LogP contribution is -2.34. The van der Waals surface area contributed by atoms with Gasteiger partial charge < -0.3 is 15.6 Å². The highest BCUT2D eigenvalue weighted by Crippen LogP contribution is 2.28. The summed E-state index contributed by atoms with van der Waals surface area (Å²) in [6, 6.07) is 2.56. The number of carbonyl (C=O) groups is 1. The van der Waals surface area contributed by atoms with Crippen LogP contribution in [0.4, 0.5) is 10.1 Å². The summed E-state index contributed by atoms with van der Waals surface area (Å²) in [5.41, 5.74) is 4.48. The maximum Gasteiger partial charge on any atom is 0.346 e. The third-order valence-corrected chi connectivity index (χ3v) is 1.88. The monoisotopic (exact) mass is 244 g/mol. The number of carboxylic acid groups (broad SMARTS) is 1. The third kappa shape index (κ3) is 3.11. The molecule has 1 aromatic carbocycles. The first-order valence-electron chi connectivity index (χ1n) is 4.49. The first kappa shape index (κ1) is 12.8. The molecule has 1 unspecified atom stereocenters. The van der Waals surface area contributed by atoms with Gasteiger partial charge in [0.2, 0.25) is 6.10 Å². The zero-order chi connectivity index (χ0) is 13.0. The molecule has 0 saturated heterocycles. The zero-order valence-electron chi connectivity index (χ0n) is 8.50. The molecule has 0 heterocycles. The minimum Gasteiger partial charge on any atom is -0.478 e. The molecule has 0 saturated carbocycles. The number of nitro benzene ring substituents is 1. The number of halogens is 1. The number of nitrogens with two attached hydrogens (primary N) is 1. The molecule has 0 amide bonds. The molecule has 0 fully saturated rings. The van der Waals surface area contributed by atoms with Gasteiger partial charge in [-0.05, 0) is 12.1 Å². The Labute approximate surface area is 94.8 Å². The van der Waals surface area contributed by atoms with Crippen LogP contribution >= 0.6 is 0 Å². The molecule has 1 atom stereocenters. The van der Waals surface area contributed by atoms with Crippen molar-refractivity contribution < 1.29 is 24.0 Å². The van der Waals surface area contributed by atoms with Gasteiger partial charge in [-0.3, -0.25) is 10.1 Å². The highest BCUT2D eigenvalue weighted by molar-refractivity contribution is 5.73. The molecule has 1 rings (SSSR count). The minimum absolute atomic E-state index is 0.339. The highest BCUT2D eigenvalue weighted by Gasteiger charge is 2.23. The van der Waals surface area contributed by atoms with E-state index in [1.807, 2.05) is 0 Å². The van der Waals surface area contributed by atoms with E-state index in [1.165, 1.54) is 0 Å². The number of carboxylic acids is 1. The van der Waals surface area contributed by atoms with Crippen LogP contribution in [0.25, 0.3) is 0 Å². The number of nitro groups is 1. The van der Waals surface area contributed by atoms with Crippen molar-refractivity contribution in [3.63, 3.8) is 0 Å². The Morgan fingerprint density at radius 3 is 2.76 bits per heavy atom. The van der Waals surface area contributed by atoms with Crippen molar-refractivity contribution in [2.24, 2.45) is 5.73 Å². The Balaban J connectivity index is 3.05. The molecular weight excluding hydrogens is 235 g/mol. The van der Waals surface area contributed by atoms with Crippen LogP contribution in [0.1, 0.15) is 0 Å². The van der Waals surface area contributed by atoms with E-state index < -0.39 is 28.5 Å². The van der Waals surface area contributed by atoms with E-state index in [-0.39, 0.29) is 12.3 Å². The molecule has 0 aliphatic rings. The molecule has 8 heteroatoms. The summed E-state index contributed by atoms with van der Waals surface area (Å²) in [5.74, 6) is -2.51. The maximum absolute atomic E-state index is 12.8. The standard InChI is InChI=1S/C9H9FN2O5/c10-5-1-2-7(6(3-5)12(15)16)17-8(4-11)9(13)14/h1-3,8H,4,11H2,(H,13,14). The predicted octanol–water partition coefficient (Wildman–Crippen LogP) is 0.525. The van der Waals surface area contributed by atoms with Crippen molar-refractivity contribution in [2.45, 2.75) is 6.10 Å². The van der Waals surface area contributed by atoms with E-state index in [1.54, 1.807) is 0 Å². The summed E-state index contributed by atoms with van der Waals surface area (Å²) < 4.78 is 17.6. The molecule has 3 N–H and O–H groups in total. The van der Waals surface area contributed by atoms with Crippen LogP contribution < -0.4 is 10.5 Å². The first-order chi connectivity index (χ1) is 7.95. The normalized spacial score (nSPS) is 11.9. The van der Waals surface area contributed by atoms with Gasteiger partial charge in [-0.15, -0.1) is 0 Å². The van der Waals surface area contributed by atoms with Gasteiger partial charge in [-0.2, -0.15) is 0 Å². The van der Waals surface area contributed by atoms with Crippen molar-refractivity contribution in [3.05, 3.63) is 34.1 Å². The summed E-state index contributed by atoms with van der Waals surface area (Å²) in [5, 5.41) is 19.3. The Bertz CT molecular complexity index is 451. The number of hydrogen-bond donors (Lipinski definition) is 2. The van der Waals surface area contributed by atoms with Gasteiger partial charge in [0.25, 0.3) is 0 Å². The number of nitrogens with zero attached hydrogens (tertiary/aromatic N) is 1. The van der Waals surface area contributed by atoms with Gasteiger partial charge >= 0.3 is 11.7 Å². The number of rotatable bonds is 5. The Morgan fingerprint density at radius 2 is 2.29 bits per heavy atom. The van der Waals surface area contributed by atoms with Gasteiger partial charge in [0.15, 0.2) is 5.75 Å². The summed E-state index contributed by atoms with van der Waals surface area (Å²) in [6.45, 7) is -0.357. The fourth-order valence-electron chi connectivity index (χ4n) is 1.09. The fraction of sp³-hybridized carbons (Fsp3) is 0.222. The molecule has 17 heavy (non-hydrogen) atoms. The fourth-order valence-corrected chi connectivity index (χ4v) is 1.09. The summed E-state index contributed by atoms with van der Waals surface area (Å²) in [7, 11) is 0. The molecule has 0 spiro atoms. The smallest absolute Gasteiger partial charge is 0.346 e. The lowest BCUT2D eigenvalue weighted by Gasteiger charge is -2.12. The molecular formula is C9H9FN2O5. The largest absolute Gasteiger partial charge is 0.478 e. The van der Waals surface area contributed by atoms with Crippen molar-refractivity contribution in [3.8, 4) is 5.75 Å². The molecule has 1 aromatic rings. The molecule has 92 valence electrons. The van der Waals surface area contributed by atoms with E-state index >= 15 is 0 Å². The Hall–Kier alpha value is -2.22. The molecule has 7 nitrogen and oxygen atoms in total. The lowest BCUT2D eigenvalue weighted by molar-refractivity contribution is -0.386. The molecule has 0 bridgehead atoms. The summed E-state index contributed by atoms with van der Waals surface area (Å²) in [4.78, 5) is 20.4. The number of benzene rings is 1. The van der Waals surface area contributed by atoms with E-state index in [0.717, 1.165) is 12.1 Å². The van der Waals surface area contributed by atoms with E-state index in [4.69, 9.17) is 15.6 Å². The van der Waals surface area contributed by atoms with Crippen molar-refractivity contribution in [1.82, 2.24) is 0 Å². The Morgan fingerprint density at radius 1 is 1.65 bits per heavy atom. The second-order valence-corrected chi connectivity index (χ2v) is 3.05. The Kier molecular flexibility index (Phi) is 3.94. The van der Waals surface area contributed by atoms with E-state index in [2.05, 4.69) is 0 Å². The number of aliphatic carboxylic acids is 1. The van der Waals surface area contributed by atoms with Gasteiger partial charge in [-0.25, -0.2) is 9.18 Å². The van der Waals surface area contributed by atoms with Crippen LogP contribution in [-0.4, -0.2) is 28.6 Å². The van der Waals surface area contributed by atoms with Gasteiger partial charge in [0, 0.05) is 6.54 Å². The highest BCUT2D eigenvalue weighted by atomic mass is 19.1. The van der Waals surface area contributed by atoms with Crippen molar-refractivity contribution >= 4 is 11.7 Å². The minimum atomic E-state index is -1.42. The van der Waals surface area contributed by atoms with E-state index in [9.17, 15) is 19.3 Å². The van der Waals surface area contributed by atoms with Gasteiger partial charge in [0.05, 0.1) is 11.0 Å². The van der Waals surface area contributed by atoms with Crippen LogP contribution in [-0.2, 0) is 4.79 Å². The average molecular weight is 244 g/mol. The molecule has 0 aliphatic carbocycles. The van der Waals surface area contributed by atoms with Crippen LogP contribution in [0, 0.1) is 15.9 Å². The molecule has 0 aromatic heterocycles. The molecule has 0 aliphatic heterocycles. The van der Waals surface area contributed by atoms with Gasteiger partial charge in [-0.1, -0.05) is 0 Å². The van der Waals surface area contributed by atoms with Crippen LogP contribution in [0.2, 0.25) is 0 Å². The zero-order valence-corrected chi connectivity index (χ0v) is 8.50. The second-order valence-electron chi connectivity index (χ2n) is 3.05. The first-order valence-corrected chi connectivity index (χ1v) is 4.49. The van der Waals surface area contributed by atoms with Crippen LogP contribution in [0.5, 0.6) is 5.75 Å². The second kappa shape index (κ2) is 5.21. The van der Waals surface area contributed by atoms with Gasteiger partial charge in [0.1, 0.15) is 5.82 Å². The average Bonchev–Trinajstić information content (AvgIpc) is 2.26. The van der Waals surface area contributed by atoms with Crippen LogP contribution in [0.15, 0.2) is 18.2 Å². The molecule has 0 radical (unpaired) electrons.